The van der Waals surface area contributed by atoms with Crippen molar-refractivity contribution in [2.24, 2.45) is 5.89 Å². The van der Waals surface area contributed by atoms with Crippen molar-refractivity contribution in [3.8, 4) is 11.5 Å². The summed E-state index contributed by atoms with van der Waals surface area (Å²) >= 11 is 0. The first-order valence-electron chi connectivity index (χ1n) is 12.6. The van der Waals surface area contributed by atoms with Crippen LogP contribution < -0.4 is 4.74 Å². The van der Waals surface area contributed by atoms with E-state index in [1.165, 1.54) is 26.8 Å². The van der Waals surface area contributed by atoms with Crippen molar-refractivity contribution in [1.82, 2.24) is 0 Å². The molecule has 2 nitrogen and oxygen atoms in total. The number of hydrogen-bond acceptors (Lipinski definition) is 2. The molecule has 0 saturated carbocycles. The molecule has 1 aromatic carbocycles. The Morgan fingerprint density at radius 1 is 1.48 bits per heavy atom. The van der Waals surface area contributed by atoms with E-state index in [0.717, 1.165) is 12.5 Å². The number of allylic oxidation sites excluding steroid dienone is 2. The first-order chi connectivity index (χ1) is 14.3. The van der Waals surface area contributed by atoms with Gasteiger partial charge in [0.1, 0.15) is 17.1 Å². The predicted molar refractivity (Wildman–Crippen MR) is 95.3 cm³/mol. The molecule has 1 aromatic rings. The van der Waals surface area contributed by atoms with Crippen molar-refractivity contribution in [3.05, 3.63) is 34.9 Å². The van der Waals surface area contributed by atoms with E-state index >= 15 is 0 Å². The second-order valence-electron chi connectivity index (χ2n) is 6.51. The quantitative estimate of drug-likeness (QED) is 0.716. The Bertz CT molecular complexity index is 986. The maximum absolute atomic E-state index is 10.9. The summed E-state index contributed by atoms with van der Waals surface area (Å²) in [6.45, 7) is 5.89. The second kappa shape index (κ2) is 6.22. The third-order valence-electron chi connectivity index (χ3n) is 4.10. The van der Waals surface area contributed by atoms with Crippen molar-refractivity contribution in [2.45, 2.75) is 77.6 Å². The molecule has 2 aliphatic rings. The maximum atomic E-state index is 10.9. The number of aryl methyl sites for hydroxylation is 1. The summed E-state index contributed by atoms with van der Waals surface area (Å²) < 4.78 is 83.8. The van der Waals surface area contributed by atoms with Crippen LogP contribution in [0.2, 0.25) is 0 Å². The molecule has 0 saturated heterocycles. The van der Waals surface area contributed by atoms with E-state index < -0.39 is 48.3 Å². The smallest absolute Gasteiger partial charge is 0.127 e. The fourth-order valence-electron chi connectivity index (χ4n) is 2.91. The molecule has 0 radical (unpaired) electrons. The van der Waals surface area contributed by atoms with E-state index in [4.69, 9.17) is 14.3 Å². The summed E-state index contributed by atoms with van der Waals surface area (Å²) in [6.07, 6.45) is -5.88. The van der Waals surface area contributed by atoms with Gasteiger partial charge in [-0.3, -0.25) is 0 Å². The Morgan fingerprint density at radius 2 is 2.26 bits per heavy atom. The molecule has 1 N–H and O–H groups in total. The Hall–Kier alpha value is -1.44. The lowest BCUT2D eigenvalue weighted by molar-refractivity contribution is 0.0107. The lowest BCUT2D eigenvalue weighted by Gasteiger charge is -2.46. The van der Waals surface area contributed by atoms with Gasteiger partial charge in [-0.15, -0.1) is 0 Å². The molecule has 0 aromatic heterocycles. The normalized spacial score (nSPS) is 42.7. The molecule has 3 rings (SSSR count). The zero-order valence-corrected chi connectivity index (χ0v) is 14.1. The number of hydrogen-bond donors (Lipinski definition) is 1. The summed E-state index contributed by atoms with van der Waals surface area (Å²) in [5.41, 5.74) is -2.32. The monoisotopic (exact) mass is 323 g/mol. The lowest BCUT2D eigenvalue weighted by atomic mass is 9.68. The van der Waals surface area contributed by atoms with E-state index in [-0.39, 0.29) is 28.9 Å². The molecule has 2 atom stereocenters. The molecule has 0 fully saturated rings. The molecule has 1 heterocycles. The number of aromatic hydroxyl groups is 1. The molecule has 1 aliphatic carbocycles. The molecule has 2 heteroatoms. The summed E-state index contributed by atoms with van der Waals surface area (Å²) in [5, 5.41) is 10.9. The fourth-order valence-corrected chi connectivity index (χ4v) is 2.91. The third-order valence-corrected chi connectivity index (χ3v) is 4.10. The van der Waals surface area contributed by atoms with E-state index in [9.17, 15) is 7.85 Å². The first kappa shape index (κ1) is 8.60. The van der Waals surface area contributed by atoms with Crippen molar-refractivity contribution < 1.29 is 22.2 Å². The number of unbranched alkanes of at least 4 members (excludes halogenated alkanes) is 1. The van der Waals surface area contributed by atoms with Gasteiger partial charge in [0.05, 0.1) is 1.37 Å². The maximum Gasteiger partial charge on any atom is 0.127 e. The third kappa shape index (κ3) is 3.13. The van der Waals surface area contributed by atoms with Crippen LogP contribution in [0.3, 0.4) is 0 Å². The lowest BCUT2D eigenvalue weighted by Crippen LogP contribution is -2.45. The minimum Gasteiger partial charge on any atom is -0.507 e. The van der Waals surface area contributed by atoms with Crippen molar-refractivity contribution in [1.29, 1.82) is 0 Å². The van der Waals surface area contributed by atoms with Gasteiger partial charge in [-0.25, -0.2) is 0 Å². The highest BCUT2D eigenvalue weighted by Crippen LogP contribution is 2.53. The van der Waals surface area contributed by atoms with Gasteiger partial charge >= 0.3 is 0 Å². The van der Waals surface area contributed by atoms with Gasteiger partial charge in [-0.1, -0.05) is 31.4 Å². The summed E-state index contributed by atoms with van der Waals surface area (Å²) in [4.78, 5) is 0. The molecule has 126 valence electrons. The predicted octanol–water partition coefficient (Wildman–Crippen LogP) is 5.74. The zero-order valence-electron chi connectivity index (χ0n) is 23.1. The number of fused-ring (bicyclic) bond motifs is 3. The van der Waals surface area contributed by atoms with Crippen LogP contribution in [-0.4, -0.2) is 10.7 Å². The van der Waals surface area contributed by atoms with Crippen LogP contribution >= 0.6 is 0 Å². The van der Waals surface area contributed by atoms with Crippen LogP contribution in [0, 0.1) is 5.89 Å². The van der Waals surface area contributed by atoms with Crippen LogP contribution in [0.15, 0.2) is 23.8 Å². The molecule has 1 aliphatic heterocycles. The highest BCUT2D eigenvalue weighted by atomic mass is 16.5. The highest BCUT2D eigenvalue weighted by Gasteiger charge is 2.45. The number of rotatable bonds is 4. The van der Waals surface area contributed by atoms with Crippen molar-refractivity contribution in [3.63, 3.8) is 0 Å². The minimum atomic E-state index is -2.96. The summed E-state index contributed by atoms with van der Waals surface area (Å²) in [5.74, 6) is -5.82. The van der Waals surface area contributed by atoms with Gasteiger partial charge in [0.15, 0.2) is 0 Å². The largest absolute Gasteiger partial charge is 0.507 e. The molecular formula is C21H30O2. The number of ether oxygens (including phenoxy) is 1. The highest BCUT2D eigenvalue weighted by molar-refractivity contribution is 5.53. The number of phenols is 1. The van der Waals surface area contributed by atoms with Crippen LogP contribution in [0.1, 0.15) is 89.1 Å². The van der Waals surface area contributed by atoms with E-state index in [2.05, 4.69) is 0 Å². The molecule has 23 heavy (non-hydrogen) atoms. The van der Waals surface area contributed by atoms with Gasteiger partial charge in [-0.2, -0.15) is 0 Å². The molecular weight excluding hydrogens is 284 g/mol. The van der Waals surface area contributed by atoms with Crippen molar-refractivity contribution >= 4 is 0 Å². The standard InChI is InChI=1S/C21H30O2/c1-5-6-7-8-15-12-18(22)20-16-11-14(2)9-10-17(16)21(3,4)23-19(20)13-15/h11-13,16-17,22H,5-10H2,1-4H3/t16-,17-/m1/s1/i8D2,9D2,10D2,11D,16D,17D. The Balaban J connectivity index is 2.40. The molecule has 0 amide bonds. The Labute approximate surface area is 153 Å². The van der Waals surface area contributed by atoms with Gasteiger partial charge in [0.25, 0.3) is 0 Å². The zero-order chi connectivity index (χ0) is 24.7. The fraction of sp³-hybridized carbons (Fsp3) is 0.619. The minimum absolute atomic E-state index is 0.0981. The van der Waals surface area contributed by atoms with Crippen LogP contribution in [0.4, 0.5) is 0 Å². The van der Waals surface area contributed by atoms with E-state index in [1.807, 2.05) is 6.92 Å². The van der Waals surface area contributed by atoms with Gasteiger partial charge in [0, 0.05) is 28.3 Å². The topological polar surface area (TPSA) is 29.5 Å². The summed E-state index contributed by atoms with van der Waals surface area (Å²) in [7, 11) is 0. The van der Waals surface area contributed by atoms with Gasteiger partial charge in [0.2, 0.25) is 0 Å². The van der Waals surface area contributed by atoms with E-state index in [1.54, 1.807) is 0 Å². The SMILES string of the molecule is [2H]C1=C(C)C([2H])([2H])C([2H])([2H])[C@@]2([2H])C(C)(C)Oc3cc(C([2H])([2H])CCCC)cc(O)c3[C@]12[2H]. The number of phenolic OH excluding ortho intramolecular Hbond substituents is 1. The van der Waals surface area contributed by atoms with Crippen LogP contribution in [0.5, 0.6) is 11.5 Å². The Morgan fingerprint density at radius 3 is 3.00 bits per heavy atom. The Kier molecular flexibility index (Phi) is 2.33. The van der Waals surface area contributed by atoms with Gasteiger partial charge < -0.3 is 9.84 Å². The average Bonchev–Trinajstić information content (AvgIpc) is 2.67. The average molecular weight is 324 g/mol. The van der Waals surface area contributed by atoms with Crippen LogP contribution in [-0.2, 0) is 6.37 Å². The molecule has 0 bridgehead atoms. The molecule has 0 unspecified atom stereocenters. The number of benzene rings is 1. The van der Waals surface area contributed by atoms with Crippen molar-refractivity contribution in [2.75, 3.05) is 0 Å². The second-order valence-corrected chi connectivity index (χ2v) is 6.51. The van der Waals surface area contributed by atoms with Gasteiger partial charge in [-0.05, 0) is 64.0 Å². The summed E-state index contributed by atoms with van der Waals surface area (Å²) in [6, 6.07) is 1.89. The first-order valence-corrected chi connectivity index (χ1v) is 8.10. The van der Waals surface area contributed by atoms with Crippen LogP contribution in [0.25, 0.3) is 0 Å². The molecule has 0 spiro atoms. The van der Waals surface area contributed by atoms with E-state index in [0.29, 0.717) is 6.42 Å².